The predicted molar refractivity (Wildman–Crippen MR) is 170 cm³/mol. The molecule has 4 heterocycles. The standard InChI is InChI=1S/C38H38O8/c1-9-29(39-17-33-21-43-33)10-2-25(1)37(26-3-11-30(12-4-26)40-18-34-22-44-34)38(27-5-13-31(14-6-27)41-19-35-23-45-35)28-7-15-32(16-8-28)42-20-36-24-46-36/h1-16,33-38H,17-24H2. The van der Waals surface area contributed by atoms with E-state index in [0.29, 0.717) is 26.4 Å². The second-order valence-electron chi connectivity index (χ2n) is 12.3. The van der Waals surface area contributed by atoms with E-state index in [9.17, 15) is 0 Å². The lowest BCUT2D eigenvalue weighted by Crippen LogP contribution is -2.15. The van der Waals surface area contributed by atoms with Gasteiger partial charge in [0.25, 0.3) is 0 Å². The Morgan fingerprint density at radius 1 is 0.370 bits per heavy atom. The van der Waals surface area contributed by atoms with Crippen LogP contribution in [0, 0.1) is 0 Å². The van der Waals surface area contributed by atoms with Crippen molar-refractivity contribution in [3.8, 4) is 23.0 Å². The van der Waals surface area contributed by atoms with Crippen molar-refractivity contribution in [3.63, 3.8) is 0 Å². The first kappa shape index (κ1) is 29.3. The van der Waals surface area contributed by atoms with Crippen molar-refractivity contribution in [3.05, 3.63) is 119 Å². The van der Waals surface area contributed by atoms with Gasteiger partial charge in [0.2, 0.25) is 0 Å². The van der Waals surface area contributed by atoms with Crippen LogP contribution >= 0.6 is 0 Å². The number of epoxide rings is 4. The zero-order valence-electron chi connectivity index (χ0n) is 25.6. The summed E-state index contributed by atoms with van der Waals surface area (Å²) in [5, 5.41) is 0. The lowest BCUT2D eigenvalue weighted by molar-refractivity contribution is 0.263. The molecular formula is C38H38O8. The van der Waals surface area contributed by atoms with Gasteiger partial charge >= 0.3 is 0 Å². The first-order chi connectivity index (χ1) is 22.7. The van der Waals surface area contributed by atoms with Gasteiger partial charge in [-0.3, -0.25) is 0 Å². The highest BCUT2D eigenvalue weighted by Gasteiger charge is 2.30. The Bertz CT molecular complexity index is 1320. The third-order valence-corrected chi connectivity index (χ3v) is 8.64. The Morgan fingerprint density at radius 3 is 0.739 bits per heavy atom. The molecule has 8 nitrogen and oxygen atoms in total. The highest BCUT2D eigenvalue weighted by Crippen LogP contribution is 2.44. The van der Waals surface area contributed by atoms with Crippen molar-refractivity contribution in [2.45, 2.75) is 36.3 Å². The molecule has 0 aliphatic carbocycles. The summed E-state index contributed by atoms with van der Waals surface area (Å²) in [6.07, 6.45) is 0.820. The fourth-order valence-corrected chi connectivity index (χ4v) is 5.65. The van der Waals surface area contributed by atoms with Gasteiger partial charge in [0.05, 0.1) is 26.4 Å². The second-order valence-corrected chi connectivity index (χ2v) is 12.3. The number of benzene rings is 4. The van der Waals surface area contributed by atoms with Gasteiger partial charge in [-0.1, -0.05) is 48.5 Å². The lowest BCUT2D eigenvalue weighted by atomic mass is 9.73. The molecule has 46 heavy (non-hydrogen) atoms. The summed E-state index contributed by atoms with van der Waals surface area (Å²) in [7, 11) is 0. The molecule has 0 amide bonds. The molecular weight excluding hydrogens is 584 g/mol. The zero-order valence-corrected chi connectivity index (χ0v) is 25.6. The molecule has 4 aromatic rings. The Balaban J connectivity index is 1.13. The van der Waals surface area contributed by atoms with Crippen LogP contribution in [0.2, 0.25) is 0 Å². The molecule has 4 aliphatic heterocycles. The molecule has 0 spiro atoms. The molecule has 0 aromatic heterocycles. The molecule has 4 aromatic carbocycles. The van der Waals surface area contributed by atoms with Crippen LogP contribution in [0.25, 0.3) is 0 Å². The summed E-state index contributed by atoms with van der Waals surface area (Å²) >= 11 is 0. The lowest BCUT2D eigenvalue weighted by Gasteiger charge is -2.30. The third kappa shape index (κ3) is 7.82. The van der Waals surface area contributed by atoms with Gasteiger partial charge in [0, 0.05) is 11.8 Å². The van der Waals surface area contributed by atoms with Crippen LogP contribution in [-0.2, 0) is 18.9 Å². The Labute approximate surface area is 269 Å². The minimum Gasteiger partial charge on any atom is -0.491 e. The molecule has 0 bridgehead atoms. The monoisotopic (exact) mass is 622 g/mol. The van der Waals surface area contributed by atoms with Crippen LogP contribution in [0.3, 0.4) is 0 Å². The van der Waals surface area contributed by atoms with Gasteiger partial charge in [-0.05, 0) is 70.8 Å². The number of rotatable bonds is 17. The van der Waals surface area contributed by atoms with Gasteiger partial charge in [-0.2, -0.15) is 0 Å². The van der Waals surface area contributed by atoms with Crippen molar-refractivity contribution >= 4 is 0 Å². The zero-order chi connectivity index (χ0) is 30.7. The summed E-state index contributed by atoms with van der Waals surface area (Å²) < 4.78 is 45.2. The Kier molecular flexibility index (Phi) is 8.51. The van der Waals surface area contributed by atoms with E-state index in [2.05, 4.69) is 97.1 Å². The van der Waals surface area contributed by atoms with Crippen molar-refractivity contribution in [2.75, 3.05) is 52.9 Å². The van der Waals surface area contributed by atoms with Gasteiger partial charge in [-0.25, -0.2) is 0 Å². The molecule has 4 atom stereocenters. The van der Waals surface area contributed by atoms with E-state index in [-0.39, 0.29) is 36.3 Å². The van der Waals surface area contributed by atoms with E-state index >= 15 is 0 Å². The maximum Gasteiger partial charge on any atom is 0.119 e. The molecule has 4 saturated heterocycles. The SMILES string of the molecule is c1cc(C(c2ccc(OCC3CO3)cc2)C(c2ccc(OCC3CO3)cc2)c2ccc(OCC3CO3)cc2)ccc1OCC1CO1. The fraction of sp³-hybridized carbons (Fsp3) is 0.368. The van der Waals surface area contributed by atoms with Gasteiger partial charge in [0.1, 0.15) is 73.8 Å². The molecule has 238 valence electrons. The largest absolute Gasteiger partial charge is 0.491 e. The van der Waals surface area contributed by atoms with Gasteiger partial charge in [0.15, 0.2) is 0 Å². The van der Waals surface area contributed by atoms with Crippen LogP contribution in [0.1, 0.15) is 34.1 Å². The molecule has 4 aliphatic rings. The Morgan fingerprint density at radius 2 is 0.565 bits per heavy atom. The minimum absolute atomic E-state index is 0.0140. The average Bonchev–Trinajstić information content (AvgIpc) is 3.91. The normalized spacial score (nSPS) is 23.6. The number of ether oxygens (including phenoxy) is 8. The Hall–Kier alpha value is -4.08. The van der Waals surface area contributed by atoms with Crippen molar-refractivity contribution < 1.29 is 37.9 Å². The second kappa shape index (κ2) is 13.3. The molecule has 0 radical (unpaired) electrons. The van der Waals surface area contributed by atoms with Crippen molar-refractivity contribution in [2.24, 2.45) is 0 Å². The van der Waals surface area contributed by atoms with Crippen LogP contribution in [-0.4, -0.2) is 77.3 Å². The smallest absolute Gasteiger partial charge is 0.119 e. The maximum absolute atomic E-state index is 5.98. The van der Waals surface area contributed by atoms with Gasteiger partial charge < -0.3 is 37.9 Å². The summed E-state index contributed by atoms with van der Waals surface area (Å²) in [6.45, 7) is 5.36. The number of hydrogen-bond donors (Lipinski definition) is 0. The van der Waals surface area contributed by atoms with E-state index in [4.69, 9.17) is 37.9 Å². The topological polar surface area (TPSA) is 87.0 Å². The first-order valence-electron chi connectivity index (χ1n) is 16.1. The van der Waals surface area contributed by atoms with Gasteiger partial charge in [-0.15, -0.1) is 0 Å². The number of hydrogen-bond acceptors (Lipinski definition) is 8. The van der Waals surface area contributed by atoms with Crippen LogP contribution in [0.15, 0.2) is 97.1 Å². The molecule has 4 unspecified atom stereocenters. The highest BCUT2D eigenvalue weighted by molar-refractivity contribution is 5.48. The summed E-state index contributed by atoms with van der Waals surface area (Å²) in [6, 6.07) is 33.9. The molecule has 0 N–H and O–H groups in total. The highest BCUT2D eigenvalue weighted by atomic mass is 16.6. The van der Waals surface area contributed by atoms with Crippen molar-refractivity contribution in [1.29, 1.82) is 0 Å². The average molecular weight is 623 g/mol. The minimum atomic E-state index is -0.0140. The first-order valence-corrected chi connectivity index (χ1v) is 16.1. The van der Waals surface area contributed by atoms with E-state index in [1.54, 1.807) is 0 Å². The summed E-state index contributed by atoms with van der Waals surface area (Å²) in [5.74, 6) is 3.32. The van der Waals surface area contributed by atoms with Crippen LogP contribution in [0.4, 0.5) is 0 Å². The molecule has 4 fully saturated rings. The van der Waals surface area contributed by atoms with Crippen LogP contribution < -0.4 is 18.9 Å². The van der Waals surface area contributed by atoms with Crippen molar-refractivity contribution in [1.82, 2.24) is 0 Å². The van der Waals surface area contributed by atoms with Crippen LogP contribution in [0.5, 0.6) is 23.0 Å². The summed E-state index contributed by atoms with van der Waals surface area (Å²) in [5.41, 5.74) is 4.71. The molecule has 8 rings (SSSR count). The molecule has 0 saturated carbocycles. The molecule has 8 heteroatoms. The van der Waals surface area contributed by atoms with E-state index < -0.39 is 0 Å². The quantitative estimate of drug-likeness (QED) is 0.138. The van der Waals surface area contributed by atoms with E-state index in [1.165, 1.54) is 22.3 Å². The summed E-state index contributed by atoms with van der Waals surface area (Å²) in [4.78, 5) is 0. The fourth-order valence-electron chi connectivity index (χ4n) is 5.65. The third-order valence-electron chi connectivity index (χ3n) is 8.64. The van der Waals surface area contributed by atoms with E-state index in [0.717, 1.165) is 49.4 Å². The predicted octanol–water partition coefficient (Wildman–Crippen LogP) is 5.76. The van der Waals surface area contributed by atoms with E-state index in [1.807, 2.05) is 0 Å². The maximum atomic E-state index is 5.98.